The second kappa shape index (κ2) is 6.99. The summed E-state index contributed by atoms with van der Waals surface area (Å²) in [4.78, 5) is 2.54. The number of anilines is 1. The minimum absolute atomic E-state index is 0.660. The Kier molecular flexibility index (Phi) is 5.58. The number of benzene rings is 1. The largest absolute Gasteiger partial charge is 0.367 e. The van der Waals surface area contributed by atoms with E-state index in [-0.39, 0.29) is 0 Å². The van der Waals surface area contributed by atoms with Gasteiger partial charge in [-0.05, 0) is 36.5 Å². The molecule has 1 aliphatic carbocycles. The minimum Gasteiger partial charge on any atom is -0.367 e. The van der Waals surface area contributed by atoms with Crippen LogP contribution in [0.25, 0.3) is 0 Å². The Bertz CT molecular complexity index is 413. The molecule has 106 valence electrons. The van der Waals surface area contributed by atoms with Crippen molar-refractivity contribution in [3.8, 4) is 0 Å². The van der Waals surface area contributed by atoms with Gasteiger partial charge in [0.1, 0.15) is 0 Å². The average molecular weight is 345 g/mol. The first kappa shape index (κ1) is 15.2. The fourth-order valence-electron chi connectivity index (χ4n) is 2.92. The molecule has 0 N–H and O–H groups in total. The van der Waals surface area contributed by atoms with Crippen LogP contribution in [0, 0.1) is 5.92 Å². The summed E-state index contributed by atoms with van der Waals surface area (Å²) in [7, 11) is 0. The molecule has 0 unspecified atom stereocenters. The molecule has 0 spiro atoms. The van der Waals surface area contributed by atoms with Crippen LogP contribution in [-0.2, 0) is 5.33 Å². The van der Waals surface area contributed by atoms with Crippen molar-refractivity contribution in [2.24, 2.45) is 5.92 Å². The molecule has 0 bridgehead atoms. The second-order valence-corrected chi connectivity index (χ2v) is 6.87. The molecule has 0 atom stereocenters. The smallest absolute Gasteiger partial charge is 0.0642 e. The van der Waals surface area contributed by atoms with Crippen LogP contribution in [0.2, 0.25) is 5.02 Å². The molecule has 2 rings (SSSR count). The summed E-state index contributed by atoms with van der Waals surface area (Å²) in [6, 6.07) is 7.14. The summed E-state index contributed by atoms with van der Waals surface area (Å²) >= 11 is 9.99. The molecule has 0 heterocycles. The molecule has 3 heteroatoms. The van der Waals surface area contributed by atoms with Gasteiger partial charge in [-0.25, -0.2) is 0 Å². The fourth-order valence-corrected chi connectivity index (χ4v) is 3.58. The van der Waals surface area contributed by atoms with Crippen molar-refractivity contribution in [2.75, 3.05) is 11.4 Å². The Morgan fingerprint density at radius 3 is 2.53 bits per heavy atom. The summed E-state index contributed by atoms with van der Waals surface area (Å²) < 4.78 is 0. The van der Waals surface area contributed by atoms with Gasteiger partial charge in [-0.3, -0.25) is 0 Å². The maximum absolute atomic E-state index is 6.50. The molecule has 1 saturated carbocycles. The van der Waals surface area contributed by atoms with E-state index in [1.807, 2.05) is 0 Å². The lowest BCUT2D eigenvalue weighted by Crippen LogP contribution is -2.36. The van der Waals surface area contributed by atoms with Crippen molar-refractivity contribution in [3.05, 3.63) is 28.8 Å². The molecule has 0 aromatic heterocycles. The van der Waals surface area contributed by atoms with Gasteiger partial charge in [-0.15, -0.1) is 0 Å². The summed E-state index contributed by atoms with van der Waals surface area (Å²) in [6.45, 7) is 5.66. The quantitative estimate of drug-likeness (QED) is 0.625. The zero-order chi connectivity index (χ0) is 13.8. The molecule has 1 aliphatic rings. The highest BCUT2D eigenvalue weighted by Gasteiger charge is 2.24. The average Bonchev–Trinajstić information content (AvgIpc) is 2.89. The Hall–Kier alpha value is -0.210. The Morgan fingerprint density at radius 1 is 1.32 bits per heavy atom. The van der Waals surface area contributed by atoms with Gasteiger partial charge in [-0.2, -0.15) is 0 Å². The van der Waals surface area contributed by atoms with E-state index in [1.165, 1.54) is 36.9 Å². The van der Waals surface area contributed by atoms with E-state index in [1.54, 1.807) is 0 Å². The van der Waals surface area contributed by atoms with E-state index < -0.39 is 0 Å². The van der Waals surface area contributed by atoms with Crippen molar-refractivity contribution in [3.63, 3.8) is 0 Å². The fraction of sp³-hybridized carbons (Fsp3) is 0.625. The Balaban J connectivity index is 2.26. The van der Waals surface area contributed by atoms with Crippen LogP contribution in [0.3, 0.4) is 0 Å². The van der Waals surface area contributed by atoms with Crippen LogP contribution in [0.5, 0.6) is 0 Å². The van der Waals surface area contributed by atoms with Gasteiger partial charge in [-0.1, -0.05) is 60.3 Å². The van der Waals surface area contributed by atoms with Crippen LogP contribution in [0.1, 0.15) is 45.1 Å². The maximum Gasteiger partial charge on any atom is 0.0642 e. The third kappa shape index (κ3) is 3.88. The van der Waals surface area contributed by atoms with Crippen molar-refractivity contribution < 1.29 is 0 Å². The first-order chi connectivity index (χ1) is 9.11. The van der Waals surface area contributed by atoms with Crippen LogP contribution >= 0.6 is 27.5 Å². The number of hydrogen-bond acceptors (Lipinski definition) is 1. The number of hydrogen-bond donors (Lipinski definition) is 0. The maximum atomic E-state index is 6.50. The van der Waals surface area contributed by atoms with Crippen molar-refractivity contribution in [1.29, 1.82) is 0 Å². The second-order valence-electron chi connectivity index (χ2n) is 5.90. The van der Waals surface area contributed by atoms with Gasteiger partial charge in [0.15, 0.2) is 0 Å². The normalized spacial score (nSPS) is 16.3. The Morgan fingerprint density at radius 2 is 2.00 bits per heavy atom. The van der Waals surface area contributed by atoms with E-state index in [0.29, 0.717) is 12.0 Å². The van der Waals surface area contributed by atoms with Gasteiger partial charge in [0.2, 0.25) is 0 Å². The number of nitrogens with zero attached hydrogens (tertiary/aromatic N) is 1. The van der Waals surface area contributed by atoms with Gasteiger partial charge in [0, 0.05) is 17.9 Å². The standard InChI is InChI=1S/C16H23BrClN/c1-12(2)11-19(14-5-3-4-6-14)16-8-7-13(10-17)9-15(16)18/h7-9,12,14H,3-6,10-11H2,1-2H3. The van der Waals surface area contributed by atoms with E-state index >= 15 is 0 Å². The van der Waals surface area contributed by atoms with E-state index in [9.17, 15) is 0 Å². The number of rotatable bonds is 5. The lowest BCUT2D eigenvalue weighted by atomic mass is 10.1. The molecule has 1 aromatic rings. The molecule has 0 saturated heterocycles. The summed E-state index contributed by atoms with van der Waals surface area (Å²) in [5.41, 5.74) is 2.46. The molecule has 0 amide bonds. The Labute approximate surface area is 130 Å². The highest BCUT2D eigenvalue weighted by Crippen LogP contribution is 2.34. The zero-order valence-electron chi connectivity index (χ0n) is 11.8. The molecular formula is C16H23BrClN. The predicted molar refractivity (Wildman–Crippen MR) is 88.5 cm³/mol. The van der Waals surface area contributed by atoms with Crippen molar-refractivity contribution >= 4 is 33.2 Å². The predicted octanol–water partition coefficient (Wildman–Crippen LogP) is 5.64. The van der Waals surface area contributed by atoms with Gasteiger partial charge in [0.25, 0.3) is 0 Å². The van der Waals surface area contributed by atoms with Gasteiger partial charge in [0.05, 0.1) is 10.7 Å². The number of alkyl halides is 1. The summed E-state index contributed by atoms with van der Waals surface area (Å²) in [5, 5.41) is 1.75. The first-order valence-corrected chi connectivity index (χ1v) is 8.72. The molecule has 0 aliphatic heterocycles. The van der Waals surface area contributed by atoms with Crippen LogP contribution in [-0.4, -0.2) is 12.6 Å². The van der Waals surface area contributed by atoms with Crippen LogP contribution in [0.15, 0.2) is 18.2 Å². The molecule has 1 nitrogen and oxygen atoms in total. The molecule has 1 aromatic carbocycles. The van der Waals surface area contributed by atoms with Crippen molar-refractivity contribution in [1.82, 2.24) is 0 Å². The van der Waals surface area contributed by atoms with Crippen molar-refractivity contribution in [2.45, 2.75) is 50.9 Å². The third-order valence-corrected chi connectivity index (χ3v) is 4.75. The van der Waals surface area contributed by atoms with E-state index in [0.717, 1.165) is 16.9 Å². The lowest BCUT2D eigenvalue weighted by Gasteiger charge is -2.33. The third-order valence-electron chi connectivity index (χ3n) is 3.80. The van der Waals surface area contributed by atoms with Gasteiger partial charge >= 0.3 is 0 Å². The first-order valence-electron chi connectivity index (χ1n) is 7.23. The SMILES string of the molecule is CC(C)CN(c1ccc(CBr)cc1Cl)C1CCCC1. The monoisotopic (exact) mass is 343 g/mol. The van der Waals surface area contributed by atoms with E-state index in [2.05, 4.69) is 52.9 Å². The number of halogens is 2. The van der Waals surface area contributed by atoms with Crippen LogP contribution < -0.4 is 4.90 Å². The summed E-state index contributed by atoms with van der Waals surface area (Å²) in [6.07, 6.45) is 5.33. The summed E-state index contributed by atoms with van der Waals surface area (Å²) in [5.74, 6) is 0.660. The topological polar surface area (TPSA) is 3.24 Å². The molecular weight excluding hydrogens is 322 g/mol. The van der Waals surface area contributed by atoms with E-state index in [4.69, 9.17) is 11.6 Å². The molecule has 0 radical (unpaired) electrons. The van der Waals surface area contributed by atoms with Gasteiger partial charge < -0.3 is 4.90 Å². The zero-order valence-corrected chi connectivity index (χ0v) is 14.2. The highest BCUT2D eigenvalue weighted by molar-refractivity contribution is 9.08. The highest BCUT2D eigenvalue weighted by atomic mass is 79.9. The molecule has 1 fully saturated rings. The lowest BCUT2D eigenvalue weighted by molar-refractivity contribution is 0.536. The van der Waals surface area contributed by atoms with Crippen LogP contribution in [0.4, 0.5) is 5.69 Å². The molecule has 19 heavy (non-hydrogen) atoms. The minimum atomic E-state index is 0.660.